The molecule has 1 heterocycles. The van der Waals surface area contributed by atoms with Crippen molar-refractivity contribution in [2.45, 2.75) is 6.54 Å². The van der Waals surface area contributed by atoms with Gasteiger partial charge in [0, 0.05) is 11.1 Å². The number of hydrogen-bond donors (Lipinski definition) is 1. The minimum Gasteiger partial charge on any atom is -0.493 e. The lowest BCUT2D eigenvalue weighted by Gasteiger charge is -2.14. The molecule has 0 aromatic heterocycles. The number of rotatable bonds is 6. The second-order valence-electron chi connectivity index (χ2n) is 5.89. The number of ether oxygens (including phenoxy) is 3. The number of hydrogen-bond acceptors (Lipinski definition) is 5. The van der Waals surface area contributed by atoms with Crippen LogP contribution in [0.4, 0.5) is 9.18 Å². The van der Waals surface area contributed by atoms with Crippen LogP contribution in [0.15, 0.2) is 42.1 Å². The molecular weight excluding hydrogens is 367 g/mol. The zero-order valence-corrected chi connectivity index (χ0v) is 15.6. The third-order valence-electron chi connectivity index (χ3n) is 4.28. The third kappa shape index (κ3) is 3.48. The quantitative estimate of drug-likeness (QED) is 0.610. The van der Waals surface area contributed by atoms with Crippen molar-refractivity contribution < 1.29 is 28.2 Å². The number of nitrogens with one attached hydrogen (secondary N) is 1. The summed E-state index contributed by atoms with van der Waals surface area (Å²) in [5.41, 5.74) is 0.805. The summed E-state index contributed by atoms with van der Waals surface area (Å²) in [5.74, 6) is 0.125. The van der Waals surface area contributed by atoms with Crippen LogP contribution in [-0.2, 0) is 11.3 Å². The molecule has 0 unspecified atom stereocenters. The molecule has 7 nitrogen and oxygen atoms in total. The highest BCUT2D eigenvalue weighted by atomic mass is 19.1. The molecule has 8 heteroatoms. The Morgan fingerprint density at radius 2 is 1.71 bits per heavy atom. The van der Waals surface area contributed by atoms with Gasteiger partial charge in [-0.05, 0) is 24.3 Å². The molecule has 0 aliphatic carbocycles. The van der Waals surface area contributed by atoms with Crippen molar-refractivity contribution in [1.29, 1.82) is 0 Å². The first-order valence-corrected chi connectivity index (χ1v) is 8.37. The van der Waals surface area contributed by atoms with Crippen LogP contribution in [0.25, 0.3) is 6.08 Å². The van der Waals surface area contributed by atoms with Crippen molar-refractivity contribution >= 4 is 18.0 Å². The number of urea groups is 1. The van der Waals surface area contributed by atoms with Crippen molar-refractivity contribution in [2.24, 2.45) is 0 Å². The van der Waals surface area contributed by atoms with Gasteiger partial charge in [-0.3, -0.25) is 9.69 Å². The van der Waals surface area contributed by atoms with Crippen LogP contribution in [0.5, 0.6) is 17.2 Å². The van der Waals surface area contributed by atoms with Crippen LogP contribution >= 0.6 is 0 Å². The first kappa shape index (κ1) is 19.2. The van der Waals surface area contributed by atoms with Gasteiger partial charge in [0.15, 0.2) is 11.5 Å². The first-order chi connectivity index (χ1) is 13.5. The molecule has 3 amide bonds. The number of imide groups is 1. The topological polar surface area (TPSA) is 77.1 Å². The molecule has 2 aromatic rings. The summed E-state index contributed by atoms with van der Waals surface area (Å²) in [6, 6.07) is 8.69. The Balaban J connectivity index is 1.93. The number of halogens is 1. The fourth-order valence-corrected chi connectivity index (χ4v) is 2.91. The van der Waals surface area contributed by atoms with Gasteiger partial charge in [-0.2, -0.15) is 0 Å². The highest BCUT2D eigenvalue weighted by Crippen LogP contribution is 2.40. The Hall–Kier alpha value is -3.55. The average Bonchev–Trinajstić information content (AvgIpc) is 2.96. The Kier molecular flexibility index (Phi) is 5.49. The number of carbonyl (C=O) groups is 2. The summed E-state index contributed by atoms with van der Waals surface area (Å²) < 4.78 is 29.8. The zero-order chi connectivity index (χ0) is 20.3. The van der Waals surface area contributed by atoms with Crippen molar-refractivity contribution in [3.63, 3.8) is 0 Å². The Labute approximate surface area is 161 Å². The summed E-state index contributed by atoms with van der Waals surface area (Å²) in [5, 5.41) is 2.51. The molecule has 0 radical (unpaired) electrons. The highest BCUT2D eigenvalue weighted by molar-refractivity contribution is 6.14. The van der Waals surface area contributed by atoms with Gasteiger partial charge in [-0.1, -0.05) is 18.2 Å². The van der Waals surface area contributed by atoms with Crippen LogP contribution in [0.3, 0.4) is 0 Å². The fraction of sp³-hybridized carbons (Fsp3) is 0.200. The van der Waals surface area contributed by atoms with E-state index in [9.17, 15) is 14.0 Å². The molecule has 28 heavy (non-hydrogen) atoms. The van der Waals surface area contributed by atoms with Gasteiger partial charge >= 0.3 is 6.03 Å². The van der Waals surface area contributed by atoms with Crippen molar-refractivity contribution in [3.05, 3.63) is 59.0 Å². The smallest absolute Gasteiger partial charge is 0.329 e. The van der Waals surface area contributed by atoms with Gasteiger partial charge in [0.05, 0.1) is 27.9 Å². The summed E-state index contributed by atoms with van der Waals surface area (Å²) in [6.07, 6.45) is 1.47. The highest BCUT2D eigenvalue weighted by Gasteiger charge is 2.34. The van der Waals surface area contributed by atoms with E-state index in [-0.39, 0.29) is 17.8 Å². The van der Waals surface area contributed by atoms with Gasteiger partial charge in [0.1, 0.15) is 11.5 Å². The fourth-order valence-electron chi connectivity index (χ4n) is 2.91. The summed E-state index contributed by atoms with van der Waals surface area (Å²) in [7, 11) is 4.42. The van der Waals surface area contributed by atoms with Crippen LogP contribution in [0.1, 0.15) is 11.1 Å². The molecule has 1 N–H and O–H groups in total. The maximum Gasteiger partial charge on any atom is 0.329 e. The van der Waals surface area contributed by atoms with Gasteiger partial charge in [0.2, 0.25) is 5.75 Å². The van der Waals surface area contributed by atoms with Gasteiger partial charge in [0.25, 0.3) is 5.91 Å². The predicted molar refractivity (Wildman–Crippen MR) is 99.6 cm³/mol. The van der Waals surface area contributed by atoms with E-state index >= 15 is 0 Å². The van der Waals surface area contributed by atoms with Crippen LogP contribution in [0.2, 0.25) is 0 Å². The van der Waals surface area contributed by atoms with Crippen LogP contribution in [0, 0.1) is 5.82 Å². The molecule has 1 saturated heterocycles. The molecule has 3 rings (SSSR count). The Morgan fingerprint density at radius 1 is 1.00 bits per heavy atom. The van der Waals surface area contributed by atoms with Gasteiger partial charge < -0.3 is 19.5 Å². The normalized spacial score (nSPS) is 15.0. The van der Waals surface area contributed by atoms with E-state index in [1.807, 2.05) is 0 Å². The molecule has 1 fully saturated rings. The molecule has 0 atom stereocenters. The molecule has 146 valence electrons. The van der Waals surface area contributed by atoms with Crippen LogP contribution in [-0.4, -0.2) is 38.2 Å². The van der Waals surface area contributed by atoms with E-state index in [0.717, 1.165) is 4.90 Å². The molecule has 2 aromatic carbocycles. The van der Waals surface area contributed by atoms with E-state index < -0.39 is 17.8 Å². The lowest BCUT2D eigenvalue weighted by atomic mass is 10.1. The minimum absolute atomic E-state index is 0.0480. The van der Waals surface area contributed by atoms with E-state index in [1.54, 1.807) is 24.3 Å². The number of nitrogens with zero attached hydrogens (tertiary/aromatic N) is 1. The predicted octanol–water partition coefficient (Wildman–Crippen LogP) is 2.94. The lowest BCUT2D eigenvalue weighted by Crippen LogP contribution is -2.30. The molecule has 0 spiro atoms. The molecule has 1 aliphatic heterocycles. The lowest BCUT2D eigenvalue weighted by molar-refractivity contribution is -0.123. The largest absolute Gasteiger partial charge is 0.493 e. The summed E-state index contributed by atoms with van der Waals surface area (Å²) in [6.45, 7) is -0.169. The average molecular weight is 386 g/mol. The summed E-state index contributed by atoms with van der Waals surface area (Å²) >= 11 is 0. The van der Waals surface area contributed by atoms with Gasteiger partial charge in [-0.15, -0.1) is 0 Å². The van der Waals surface area contributed by atoms with Crippen molar-refractivity contribution in [3.8, 4) is 17.2 Å². The van der Waals surface area contributed by atoms with E-state index in [0.29, 0.717) is 22.8 Å². The maximum absolute atomic E-state index is 13.9. The third-order valence-corrected chi connectivity index (χ3v) is 4.28. The zero-order valence-electron chi connectivity index (χ0n) is 15.6. The standard InChI is InChI=1S/C20H19FN2O5/c1-26-16-9-8-12(17(27-2)18(16)28-3)10-15-19(24)23(20(25)22-15)11-13-6-4-5-7-14(13)21/h4-10H,11H2,1-3H3,(H,22,25). The second kappa shape index (κ2) is 7.99. The minimum atomic E-state index is -0.626. The number of methoxy groups -OCH3 is 3. The summed E-state index contributed by atoms with van der Waals surface area (Å²) in [4.78, 5) is 25.8. The SMILES string of the molecule is COc1ccc(C=C2NC(=O)N(Cc3ccccc3F)C2=O)c(OC)c1OC. The van der Waals surface area contributed by atoms with Crippen molar-refractivity contribution in [1.82, 2.24) is 10.2 Å². The van der Waals surface area contributed by atoms with Gasteiger partial charge in [-0.25, -0.2) is 9.18 Å². The monoisotopic (exact) mass is 386 g/mol. The molecule has 1 aliphatic rings. The molecule has 0 bridgehead atoms. The number of carbonyl (C=O) groups excluding carboxylic acids is 2. The molecular formula is C20H19FN2O5. The Bertz CT molecular complexity index is 958. The second-order valence-corrected chi connectivity index (χ2v) is 5.89. The Morgan fingerprint density at radius 3 is 2.36 bits per heavy atom. The number of amides is 3. The first-order valence-electron chi connectivity index (χ1n) is 8.37. The van der Waals surface area contributed by atoms with Crippen molar-refractivity contribution in [2.75, 3.05) is 21.3 Å². The van der Waals surface area contributed by atoms with E-state index in [2.05, 4.69) is 5.32 Å². The van der Waals surface area contributed by atoms with E-state index in [4.69, 9.17) is 14.2 Å². The maximum atomic E-state index is 13.9. The molecule has 0 saturated carbocycles. The van der Waals surface area contributed by atoms with Crippen LogP contribution < -0.4 is 19.5 Å². The number of benzene rings is 2. The van der Waals surface area contributed by atoms with E-state index in [1.165, 1.54) is 39.5 Å².